The summed E-state index contributed by atoms with van der Waals surface area (Å²) in [7, 11) is 0. The van der Waals surface area contributed by atoms with Gasteiger partial charge in [0.15, 0.2) is 0 Å². The molecular formula is C27H21BrClN3O. The summed E-state index contributed by atoms with van der Waals surface area (Å²) in [5.74, 6) is 0.0277. The van der Waals surface area contributed by atoms with Crippen LogP contribution >= 0.6 is 27.5 Å². The lowest BCUT2D eigenvalue weighted by Crippen LogP contribution is -2.44. The molecule has 0 radical (unpaired) electrons. The number of hydrogen-bond acceptors (Lipinski definition) is 3. The molecule has 0 spiro atoms. The Balaban J connectivity index is 1.49. The Hall–Kier alpha value is -2.73. The largest absolute Gasteiger partial charge is 0.288 e. The Bertz CT molecular complexity index is 1370. The van der Waals surface area contributed by atoms with Crippen LogP contribution in [-0.4, -0.2) is 28.9 Å². The van der Waals surface area contributed by atoms with E-state index in [1.54, 1.807) is 0 Å². The lowest BCUT2D eigenvalue weighted by Gasteiger charge is -2.39. The van der Waals surface area contributed by atoms with Crippen LogP contribution in [0.5, 0.6) is 0 Å². The topological polar surface area (TPSA) is 36.4 Å². The second kappa shape index (κ2) is 8.24. The van der Waals surface area contributed by atoms with Crippen LogP contribution in [0.15, 0.2) is 77.3 Å². The number of anilines is 1. The van der Waals surface area contributed by atoms with Crippen molar-refractivity contribution in [3.8, 4) is 0 Å². The molecule has 4 aromatic rings. The number of halogens is 2. The first-order valence-electron chi connectivity index (χ1n) is 11.1. The number of rotatable bonds is 4. The fourth-order valence-electron chi connectivity index (χ4n) is 5.09. The highest BCUT2D eigenvalue weighted by Crippen LogP contribution is 2.46. The average Bonchev–Trinajstić information content (AvgIpc) is 3.14. The van der Waals surface area contributed by atoms with Crippen LogP contribution in [0.2, 0.25) is 5.02 Å². The van der Waals surface area contributed by atoms with E-state index in [9.17, 15) is 4.79 Å². The molecule has 3 heterocycles. The molecule has 1 unspecified atom stereocenters. The van der Waals surface area contributed by atoms with Gasteiger partial charge in [-0.05, 0) is 48.4 Å². The van der Waals surface area contributed by atoms with Gasteiger partial charge in [-0.1, -0.05) is 63.9 Å². The highest BCUT2D eigenvalue weighted by Gasteiger charge is 2.46. The SMILES string of the molecule is O=C1c2c3c(nc4cc(Cl)ccc24)CCN(CCc2ccccc2)C3N1c1ccc(Br)cc1. The smallest absolute Gasteiger partial charge is 0.261 e. The Morgan fingerprint density at radius 1 is 1.03 bits per heavy atom. The first kappa shape index (κ1) is 20.8. The molecule has 2 aliphatic heterocycles. The molecule has 0 aliphatic carbocycles. The first-order valence-corrected chi connectivity index (χ1v) is 12.3. The molecule has 6 heteroatoms. The van der Waals surface area contributed by atoms with Crippen molar-refractivity contribution < 1.29 is 4.79 Å². The normalized spacial score (nSPS) is 17.6. The fraction of sp³-hybridized carbons (Fsp3) is 0.185. The highest BCUT2D eigenvalue weighted by molar-refractivity contribution is 9.10. The number of pyridine rings is 1. The van der Waals surface area contributed by atoms with Gasteiger partial charge in [-0.15, -0.1) is 0 Å². The molecule has 4 nitrogen and oxygen atoms in total. The molecule has 0 fully saturated rings. The van der Waals surface area contributed by atoms with E-state index >= 15 is 0 Å². The van der Waals surface area contributed by atoms with E-state index in [2.05, 4.69) is 45.1 Å². The minimum Gasteiger partial charge on any atom is -0.288 e. The van der Waals surface area contributed by atoms with E-state index < -0.39 is 0 Å². The second-order valence-corrected chi connectivity index (χ2v) is 9.91. The van der Waals surface area contributed by atoms with Gasteiger partial charge < -0.3 is 0 Å². The van der Waals surface area contributed by atoms with Gasteiger partial charge in [-0.2, -0.15) is 0 Å². The number of carbonyl (C=O) groups excluding carboxylic acids is 1. The monoisotopic (exact) mass is 517 g/mol. The van der Waals surface area contributed by atoms with Crippen molar-refractivity contribution in [2.24, 2.45) is 0 Å². The van der Waals surface area contributed by atoms with Crippen molar-refractivity contribution in [1.82, 2.24) is 9.88 Å². The zero-order valence-corrected chi connectivity index (χ0v) is 20.2. The summed E-state index contributed by atoms with van der Waals surface area (Å²) < 4.78 is 0.988. The van der Waals surface area contributed by atoms with Crippen LogP contribution in [0.4, 0.5) is 5.69 Å². The van der Waals surface area contributed by atoms with E-state index in [4.69, 9.17) is 16.6 Å². The minimum atomic E-state index is -0.159. The number of hydrogen-bond donors (Lipinski definition) is 0. The maximum atomic E-state index is 14.0. The molecule has 3 aromatic carbocycles. The second-order valence-electron chi connectivity index (χ2n) is 8.56. The zero-order valence-electron chi connectivity index (χ0n) is 17.8. The predicted octanol–water partition coefficient (Wildman–Crippen LogP) is 6.41. The summed E-state index contributed by atoms with van der Waals surface area (Å²) in [6, 6.07) is 24.1. The number of fused-ring (bicyclic) bond motifs is 2. The van der Waals surface area contributed by atoms with Crippen LogP contribution in [0, 0.1) is 0 Å². The molecule has 1 aromatic heterocycles. The van der Waals surface area contributed by atoms with Gasteiger partial charge in [0.2, 0.25) is 0 Å². The molecule has 2 aliphatic rings. The van der Waals surface area contributed by atoms with Gasteiger partial charge in [0, 0.05) is 51.3 Å². The van der Waals surface area contributed by atoms with Crippen LogP contribution in [0.3, 0.4) is 0 Å². The first-order chi connectivity index (χ1) is 16.1. The quantitative estimate of drug-likeness (QED) is 0.313. The molecule has 164 valence electrons. The molecule has 0 saturated heterocycles. The number of aromatic nitrogens is 1. The highest BCUT2D eigenvalue weighted by atomic mass is 79.9. The average molecular weight is 519 g/mol. The molecule has 0 N–H and O–H groups in total. The summed E-state index contributed by atoms with van der Waals surface area (Å²) in [5.41, 5.74) is 5.81. The molecule has 1 atom stereocenters. The molecule has 0 bridgehead atoms. The van der Waals surface area contributed by atoms with Gasteiger partial charge in [0.05, 0.1) is 11.1 Å². The van der Waals surface area contributed by atoms with Crippen LogP contribution < -0.4 is 4.90 Å². The summed E-state index contributed by atoms with van der Waals surface area (Å²) in [6.07, 6.45) is 1.59. The minimum absolute atomic E-state index is 0.0277. The van der Waals surface area contributed by atoms with Gasteiger partial charge in [0.1, 0.15) is 6.17 Å². The maximum Gasteiger partial charge on any atom is 0.261 e. The Labute approximate surface area is 205 Å². The number of benzene rings is 3. The number of carbonyl (C=O) groups is 1. The van der Waals surface area contributed by atoms with Crippen LogP contribution in [0.25, 0.3) is 10.9 Å². The molecule has 1 amide bonds. The van der Waals surface area contributed by atoms with Crippen LogP contribution in [0.1, 0.15) is 33.3 Å². The van der Waals surface area contributed by atoms with Gasteiger partial charge in [-0.3, -0.25) is 19.6 Å². The third kappa shape index (κ3) is 3.55. The van der Waals surface area contributed by atoms with Crippen molar-refractivity contribution in [3.05, 3.63) is 105 Å². The lowest BCUT2D eigenvalue weighted by molar-refractivity contribution is 0.0955. The van der Waals surface area contributed by atoms with E-state index in [1.165, 1.54) is 5.56 Å². The number of amides is 1. The van der Waals surface area contributed by atoms with Gasteiger partial charge >= 0.3 is 0 Å². The van der Waals surface area contributed by atoms with Crippen molar-refractivity contribution in [1.29, 1.82) is 0 Å². The van der Waals surface area contributed by atoms with Crippen molar-refractivity contribution in [2.45, 2.75) is 19.0 Å². The van der Waals surface area contributed by atoms with E-state index in [0.717, 1.165) is 63.8 Å². The predicted molar refractivity (Wildman–Crippen MR) is 136 cm³/mol. The molecule has 0 saturated carbocycles. The summed E-state index contributed by atoms with van der Waals surface area (Å²) in [4.78, 5) is 23.3. The van der Waals surface area contributed by atoms with Crippen molar-refractivity contribution >= 4 is 50.0 Å². The van der Waals surface area contributed by atoms with E-state index in [-0.39, 0.29) is 12.1 Å². The van der Waals surface area contributed by atoms with Gasteiger partial charge in [0.25, 0.3) is 5.91 Å². The lowest BCUT2D eigenvalue weighted by atomic mass is 9.96. The maximum absolute atomic E-state index is 14.0. The molecule has 6 rings (SSSR count). The van der Waals surface area contributed by atoms with Gasteiger partial charge in [-0.25, -0.2) is 0 Å². The summed E-state index contributed by atoms with van der Waals surface area (Å²) in [6.45, 7) is 1.72. The van der Waals surface area contributed by atoms with Crippen molar-refractivity contribution in [3.63, 3.8) is 0 Å². The fourth-order valence-corrected chi connectivity index (χ4v) is 5.52. The molecule has 33 heavy (non-hydrogen) atoms. The van der Waals surface area contributed by atoms with Crippen molar-refractivity contribution in [2.75, 3.05) is 18.0 Å². The Kier molecular flexibility index (Phi) is 5.21. The molecular weight excluding hydrogens is 498 g/mol. The zero-order chi connectivity index (χ0) is 22.5. The standard InChI is InChI=1S/C27H21BrClN3O/c28-18-6-9-20(10-7-18)32-26-25-22(13-15-31(26)14-12-17-4-2-1-3-5-17)30-23-16-19(29)8-11-21(23)24(25)27(32)33/h1-11,16,26H,12-15H2. The Morgan fingerprint density at radius 3 is 2.61 bits per heavy atom. The van der Waals surface area contributed by atoms with Crippen LogP contribution in [-0.2, 0) is 12.8 Å². The summed E-state index contributed by atoms with van der Waals surface area (Å²) in [5, 5.41) is 1.51. The third-order valence-electron chi connectivity index (χ3n) is 6.62. The summed E-state index contributed by atoms with van der Waals surface area (Å²) >= 11 is 9.78. The van der Waals surface area contributed by atoms with E-state index in [0.29, 0.717) is 5.02 Å². The number of nitrogens with zero attached hydrogens (tertiary/aromatic N) is 3. The third-order valence-corrected chi connectivity index (χ3v) is 7.38. The van der Waals surface area contributed by atoms with E-state index in [1.807, 2.05) is 53.4 Å². The Morgan fingerprint density at radius 2 is 1.82 bits per heavy atom.